The van der Waals surface area contributed by atoms with Gasteiger partial charge in [-0.3, -0.25) is 19.8 Å². The lowest BCUT2D eigenvalue weighted by Gasteiger charge is -2.37. The van der Waals surface area contributed by atoms with Gasteiger partial charge in [0.2, 0.25) is 5.91 Å². The zero-order valence-corrected chi connectivity index (χ0v) is 38.4. The number of anilines is 1. The summed E-state index contributed by atoms with van der Waals surface area (Å²) in [6.07, 6.45) is 14.0. The Bertz CT molecular complexity index is 1200. The van der Waals surface area contributed by atoms with Crippen molar-refractivity contribution >= 4 is 47.6 Å². The summed E-state index contributed by atoms with van der Waals surface area (Å²) in [6, 6.07) is 4.80. The standard InChI is InChI=1S/C35H58FN3O3S.C5H11N.CH5N.CH2O2.CH4O.CH2O/c1-9-11-13-14-19-39(33(41)15-12-10-2)31(25(3)4)23-32(42-26(5)40)34(38)43-20-18-28(24-35(6,7)8)21-27-16-17-30(37)29(36)22-27;1-2-4-6-5-3-1;1-2;2-1-3;2*1-2/h16-18,20,22,25,28,31-32,38H,9-15,19,21,23-24,37H2,1-8H3;6H,1-5H2;2H2,1H3;1H,(H,2,3);2H,1H3;1H2/b20-18+,38-34?;;;;;. The number of rotatable bonds is 19. The highest BCUT2D eigenvalue weighted by atomic mass is 32.2. The van der Waals surface area contributed by atoms with Gasteiger partial charge in [-0.25, -0.2) is 4.39 Å². The van der Waals surface area contributed by atoms with Gasteiger partial charge in [-0.15, -0.1) is 0 Å². The summed E-state index contributed by atoms with van der Waals surface area (Å²) in [5.74, 6) is -0.455. The molecule has 0 aromatic heterocycles. The van der Waals surface area contributed by atoms with Crippen LogP contribution in [0.25, 0.3) is 0 Å². The molecule has 1 aliphatic rings. The number of nitrogen functional groups attached to an aromatic ring is 1. The number of aliphatic hydroxyl groups excluding tert-OH is 1. The van der Waals surface area contributed by atoms with Crippen LogP contribution in [0.2, 0.25) is 0 Å². The number of unbranched alkanes of at least 4 members (excludes halogenated alkanes) is 4. The SMILES string of the molecule is C1CCNCC1.C=O.CCCCCCN(C(=O)CCCC)C(CC(OC(C)=O)C(=N)S/C=C/C(Cc1ccc(N)c(F)c1)CC(C)(C)C)C(C)C.CN.CO.O=CO. The van der Waals surface area contributed by atoms with Gasteiger partial charge in [-0.05, 0) is 99.0 Å². The van der Waals surface area contributed by atoms with Gasteiger partial charge in [0, 0.05) is 39.5 Å². The van der Waals surface area contributed by atoms with Crippen LogP contribution in [0.1, 0.15) is 138 Å². The number of carbonyl (C=O) groups is 4. The van der Waals surface area contributed by atoms with E-state index in [9.17, 15) is 14.0 Å². The van der Waals surface area contributed by atoms with Crippen LogP contribution < -0.4 is 16.8 Å². The van der Waals surface area contributed by atoms with Crippen molar-refractivity contribution in [1.82, 2.24) is 10.2 Å². The van der Waals surface area contributed by atoms with Crippen LogP contribution >= 0.6 is 11.8 Å². The Morgan fingerprint density at radius 1 is 1.05 bits per heavy atom. The van der Waals surface area contributed by atoms with E-state index in [1.807, 2.05) is 23.2 Å². The minimum atomic E-state index is -0.746. The van der Waals surface area contributed by atoms with E-state index in [2.05, 4.69) is 65.6 Å². The number of amides is 1. The molecule has 3 unspecified atom stereocenters. The first-order valence-corrected chi connectivity index (χ1v) is 21.5. The van der Waals surface area contributed by atoms with Crippen molar-refractivity contribution < 1.29 is 38.5 Å². The van der Waals surface area contributed by atoms with Gasteiger partial charge in [0.25, 0.3) is 6.47 Å². The number of nitrogens with one attached hydrogen (secondary N) is 2. The summed E-state index contributed by atoms with van der Waals surface area (Å²) < 4.78 is 19.8. The number of hydrogen-bond acceptors (Lipinski definition) is 11. The highest BCUT2D eigenvalue weighted by Gasteiger charge is 2.31. The number of allylic oxidation sites excluding steroid dienone is 1. The number of nitrogens with zero attached hydrogens (tertiary/aromatic N) is 1. The summed E-state index contributed by atoms with van der Waals surface area (Å²) in [6.45, 7) is 21.3. The van der Waals surface area contributed by atoms with E-state index < -0.39 is 17.9 Å². The molecule has 0 radical (unpaired) electrons. The molecule has 2 rings (SSSR count). The first-order valence-electron chi connectivity index (χ1n) is 20.6. The van der Waals surface area contributed by atoms with Crippen LogP contribution in [0.4, 0.5) is 10.1 Å². The predicted molar refractivity (Wildman–Crippen MR) is 242 cm³/mol. The molecule has 58 heavy (non-hydrogen) atoms. The van der Waals surface area contributed by atoms with E-state index >= 15 is 0 Å². The number of piperidine rings is 1. The molecule has 0 bridgehead atoms. The van der Waals surface area contributed by atoms with Gasteiger partial charge in [0.15, 0.2) is 6.10 Å². The molecule has 1 fully saturated rings. The van der Waals surface area contributed by atoms with Gasteiger partial charge < -0.3 is 41.4 Å². The molecule has 0 spiro atoms. The van der Waals surface area contributed by atoms with Crippen LogP contribution in [0.15, 0.2) is 29.7 Å². The van der Waals surface area contributed by atoms with E-state index in [-0.39, 0.29) is 46.4 Å². The fourth-order valence-corrected chi connectivity index (χ4v) is 6.88. The van der Waals surface area contributed by atoms with Crippen molar-refractivity contribution in [2.75, 3.05) is 39.5 Å². The second-order valence-electron chi connectivity index (χ2n) is 15.2. The molecule has 14 heteroatoms. The minimum absolute atomic E-state index is 0.0508. The maximum absolute atomic E-state index is 14.1. The van der Waals surface area contributed by atoms with E-state index in [1.54, 1.807) is 6.07 Å². The fraction of sp³-hybridized carbons (Fsp3) is 0.705. The van der Waals surface area contributed by atoms with Gasteiger partial charge >= 0.3 is 5.97 Å². The van der Waals surface area contributed by atoms with Crippen molar-refractivity contribution in [2.24, 2.45) is 23.0 Å². The average molecular weight is 844 g/mol. The number of thioether (sulfide) groups is 1. The molecule has 1 aliphatic heterocycles. The topological polar surface area (TPSA) is 209 Å². The Balaban J connectivity index is -0.000000829. The highest BCUT2D eigenvalue weighted by Crippen LogP contribution is 2.30. The first-order chi connectivity index (χ1) is 27.6. The molecular weight excluding hydrogens is 762 g/mol. The maximum atomic E-state index is 14.1. The molecule has 1 heterocycles. The lowest BCUT2D eigenvalue weighted by molar-refractivity contribution is -0.144. The quantitative estimate of drug-likeness (QED) is 0.0194. The van der Waals surface area contributed by atoms with Crippen LogP contribution in [0.3, 0.4) is 0 Å². The van der Waals surface area contributed by atoms with Gasteiger partial charge in [-0.1, -0.05) is 104 Å². The zero-order chi connectivity index (χ0) is 45.5. The van der Waals surface area contributed by atoms with E-state index in [1.165, 1.54) is 64.2 Å². The molecule has 12 nitrogen and oxygen atoms in total. The number of benzene rings is 1. The summed E-state index contributed by atoms with van der Waals surface area (Å²) in [4.78, 5) is 43.8. The number of hydrogen-bond donors (Lipinski definition) is 6. The molecule has 1 saturated heterocycles. The largest absolute Gasteiger partial charge is 0.483 e. The number of carboxylic acid groups (broad SMARTS) is 1. The molecule has 1 aromatic carbocycles. The van der Waals surface area contributed by atoms with Crippen LogP contribution in [0, 0.1) is 28.5 Å². The van der Waals surface area contributed by atoms with Gasteiger partial charge in [0.05, 0.1) is 5.69 Å². The Morgan fingerprint density at radius 3 is 2.05 bits per heavy atom. The molecule has 338 valence electrons. The van der Waals surface area contributed by atoms with Crippen molar-refractivity contribution in [3.05, 3.63) is 41.1 Å². The van der Waals surface area contributed by atoms with Crippen molar-refractivity contribution in [3.8, 4) is 0 Å². The summed E-state index contributed by atoms with van der Waals surface area (Å²) in [5.41, 5.74) is 11.2. The summed E-state index contributed by atoms with van der Waals surface area (Å²) >= 11 is 1.24. The number of ether oxygens (including phenoxy) is 1. The molecule has 1 amide bonds. The molecule has 1 aromatic rings. The maximum Gasteiger partial charge on any atom is 0.303 e. The molecular formula is C44H82FN5O7S. The fourth-order valence-electron chi connectivity index (χ4n) is 6.14. The number of carbonyl (C=O) groups excluding carboxylic acids is 3. The Morgan fingerprint density at radius 2 is 1.62 bits per heavy atom. The van der Waals surface area contributed by atoms with Gasteiger partial charge in [0.1, 0.15) is 17.7 Å². The number of halogens is 1. The molecule has 3 atom stereocenters. The molecule has 8 N–H and O–H groups in total. The van der Waals surface area contributed by atoms with Crippen LogP contribution in [0.5, 0.6) is 0 Å². The van der Waals surface area contributed by atoms with Crippen molar-refractivity contribution in [2.45, 2.75) is 151 Å². The van der Waals surface area contributed by atoms with Gasteiger partial charge in [-0.2, -0.15) is 0 Å². The average Bonchev–Trinajstić information content (AvgIpc) is 3.20. The Hall–Kier alpha value is -3.33. The molecule has 0 aliphatic carbocycles. The zero-order valence-electron chi connectivity index (χ0n) is 37.6. The number of nitrogens with two attached hydrogens (primary N) is 2. The van der Waals surface area contributed by atoms with E-state index in [0.717, 1.165) is 57.6 Å². The lowest BCUT2D eigenvalue weighted by Crippen LogP contribution is -2.46. The highest BCUT2D eigenvalue weighted by molar-refractivity contribution is 8.16. The second kappa shape index (κ2) is 40.4. The Kier molecular flexibility index (Phi) is 42.8. The monoisotopic (exact) mass is 844 g/mol. The van der Waals surface area contributed by atoms with E-state index in [0.29, 0.717) is 25.8 Å². The third kappa shape index (κ3) is 33.6. The van der Waals surface area contributed by atoms with Crippen LogP contribution in [-0.2, 0) is 30.3 Å². The third-order valence-electron chi connectivity index (χ3n) is 8.73. The third-order valence-corrected chi connectivity index (χ3v) is 9.54. The number of esters is 1. The summed E-state index contributed by atoms with van der Waals surface area (Å²) in [7, 11) is 2.50. The smallest absolute Gasteiger partial charge is 0.303 e. The summed E-state index contributed by atoms with van der Waals surface area (Å²) in [5, 5.41) is 28.2. The predicted octanol–water partition coefficient (Wildman–Crippen LogP) is 8.63. The van der Waals surface area contributed by atoms with Crippen molar-refractivity contribution in [1.29, 1.82) is 5.41 Å². The Labute approximate surface area is 355 Å². The van der Waals surface area contributed by atoms with E-state index in [4.69, 9.17) is 35.7 Å². The first kappa shape index (κ1) is 61.3. The second-order valence-corrected chi connectivity index (χ2v) is 16.2. The number of aliphatic hydroxyl groups is 1. The van der Waals surface area contributed by atoms with Crippen molar-refractivity contribution in [3.63, 3.8) is 0 Å². The van der Waals surface area contributed by atoms with Crippen LogP contribution in [-0.4, -0.2) is 91.2 Å². The minimum Gasteiger partial charge on any atom is -0.483 e. The lowest BCUT2D eigenvalue weighted by atomic mass is 9.82. The molecule has 0 saturated carbocycles. The normalized spacial score (nSPS) is 13.4.